The van der Waals surface area contributed by atoms with Crippen LogP contribution >= 0.6 is 11.6 Å². The van der Waals surface area contributed by atoms with Crippen molar-refractivity contribution in [3.63, 3.8) is 0 Å². The lowest BCUT2D eigenvalue weighted by Gasteiger charge is -2.49. The van der Waals surface area contributed by atoms with Gasteiger partial charge in [0.15, 0.2) is 0 Å². The van der Waals surface area contributed by atoms with E-state index in [1.807, 2.05) is 12.1 Å². The van der Waals surface area contributed by atoms with Crippen molar-refractivity contribution < 1.29 is 13.2 Å². The van der Waals surface area contributed by atoms with Crippen LogP contribution in [0.25, 0.3) is 0 Å². The largest absolute Gasteiger partial charge is 0.352 e. The first-order chi connectivity index (χ1) is 14.4. The third-order valence-electron chi connectivity index (χ3n) is 6.30. The molecule has 1 unspecified atom stereocenters. The summed E-state index contributed by atoms with van der Waals surface area (Å²) >= 11 is 6.09. The van der Waals surface area contributed by atoms with Crippen molar-refractivity contribution >= 4 is 27.5 Å². The second-order valence-corrected chi connectivity index (χ2v) is 13.2. The number of carbonyl (C=O) groups excluding carboxylic acids is 1. The third kappa shape index (κ3) is 6.93. The minimum atomic E-state index is -3.34. The van der Waals surface area contributed by atoms with Gasteiger partial charge in [0.2, 0.25) is 15.9 Å². The smallest absolute Gasteiger partial charge is 0.220 e. The molecule has 1 saturated carbocycles. The minimum absolute atomic E-state index is 0.0210. The molecule has 5 nitrogen and oxygen atoms in total. The van der Waals surface area contributed by atoms with E-state index in [1.165, 1.54) is 12.0 Å². The van der Waals surface area contributed by atoms with Gasteiger partial charge in [-0.15, -0.1) is 0 Å². The first-order valence-corrected chi connectivity index (χ1v) is 13.3. The van der Waals surface area contributed by atoms with E-state index in [4.69, 9.17) is 11.6 Å². The molecule has 0 aliphatic heterocycles. The Bertz CT molecular complexity index is 825. The van der Waals surface area contributed by atoms with Gasteiger partial charge in [0.1, 0.15) is 0 Å². The maximum absolute atomic E-state index is 12.8. The molecule has 0 radical (unpaired) electrons. The number of sulfonamides is 1. The highest BCUT2D eigenvalue weighted by molar-refractivity contribution is 7.90. The number of benzene rings is 1. The Morgan fingerprint density at radius 1 is 1.13 bits per heavy atom. The minimum Gasteiger partial charge on any atom is -0.352 e. The molecule has 2 N–H and O–H groups in total. The fourth-order valence-electron chi connectivity index (χ4n) is 4.17. The van der Waals surface area contributed by atoms with E-state index in [9.17, 15) is 13.2 Å². The lowest BCUT2D eigenvalue weighted by atomic mass is 9.59. The van der Waals surface area contributed by atoms with E-state index < -0.39 is 14.8 Å². The average Bonchev–Trinajstić information content (AvgIpc) is 2.60. The molecule has 31 heavy (non-hydrogen) atoms. The molecule has 2 rings (SSSR count). The Labute approximate surface area is 193 Å². The van der Waals surface area contributed by atoms with Gasteiger partial charge in [-0.05, 0) is 76.5 Å². The van der Waals surface area contributed by atoms with Crippen LogP contribution in [0, 0.1) is 5.92 Å². The van der Waals surface area contributed by atoms with Crippen LogP contribution in [0.5, 0.6) is 0 Å². The Hall–Kier alpha value is -1.11. The normalized spacial score (nSPS) is 17.3. The molecule has 1 aromatic carbocycles. The van der Waals surface area contributed by atoms with Crippen LogP contribution in [0.15, 0.2) is 24.3 Å². The molecule has 1 atom stereocenters. The van der Waals surface area contributed by atoms with Gasteiger partial charge in [-0.3, -0.25) is 4.79 Å². The molecule has 176 valence electrons. The second-order valence-electron chi connectivity index (χ2n) is 10.2. The van der Waals surface area contributed by atoms with Gasteiger partial charge >= 0.3 is 0 Å². The van der Waals surface area contributed by atoms with Crippen LogP contribution in [0.1, 0.15) is 85.1 Å². The quantitative estimate of drug-likeness (QED) is 0.437. The van der Waals surface area contributed by atoms with Crippen molar-refractivity contribution in [1.29, 1.82) is 0 Å². The molecule has 0 bridgehead atoms. The Morgan fingerprint density at radius 2 is 1.74 bits per heavy atom. The van der Waals surface area contributed by atoms with Crippen molar-refractivity contribution in [2.45, 2.75) is 95.8 Å². The zero-order valence-corrected chi connectivity index (χ0v) is 21.2. The van der Waals surface area contributed by atoms with Crippen molar-refractivity contribution in [2.75, 3.05) is 6.54 Å². The number of hydrogen-bond donors (Lipinski definition) is 2. The van der Waals surface area contributed by atoms with E-state index in [1.54, 1.807) is 20.8 Å². The first kappa shape index (κ1) is 26.1. The topological polar surface area (TPSA) is 75.3 Å². The van der Waals surface area contributed by atoms with Crippen LogP contribution in [-0.4, -0.2) is 31.7 Å². The number of halogens is 1. The lowest BCUT2D eigenvalue weighted by molar-refractivity contribution is -0.123. The molecule has 0 saturated heterocycles. The fraction of sp³-hybridized carbons (Fsp3) is 0.708. The fourth-order valence-corrected chi connectivity index (χ4v) is 5.14. The van der Waals surface area contributed by atoms with E-state index in [2.05, 4.69) is 36.0 Å². The molecule has 1 fully saturated rings. The van der Waals surface area contributed by atoms with Gasteiger partial charge in [0.25, 0.3) is 0 Å². The van der Waals surface area contributed by atoms with E-state index in [0.717, 1.165) is 24.3 Å². The zero-order chi connectivity index (χ0) is 23.3. The number of rotatable bonds is 11. The Balaban J connectivity index is 1.93. The third-order valence-corrected chi connectivity index (χ3v) is 8.75. The summed E-state index contributed by atoms with van der Waals surface area (Å²) in [6.45, 7) is 9.76. The predicted octanol–water partition coefficient (Wildman–Crippen LogP) is 5.18. The van der Waals surface area contributed by atoms with E-state index in [0.29, 0.717) is 31.7 Å². The van der Waals surface area contributed by atoms with Crippen molar-refractivity contribution in [3.8, 4) is 0 Å². The van der Waals surface area contributed by atoms with E-state index in [-0.39, 0.29) is 17.4 Å². The highest BCUT2D eigenvalue weighted by Gasteiger charge is 2.46. The molecule has 0 spiro atoms. The van der Waals surface area contributed by atoms with Crippen LogP contribution in [0.4, 0.5) is 0 Å². The molecular weight excluding hydrogens is 432 g/mol. The first-order valence-electron chi connectivity index (χ1n) is 11.4. The van der Waals surface area contributed by atoms with E-state index >= 15 is 0 Å². The number of carbonyl (C=O) groups is 1. The van der Waals surface area contributed by atoms with Gasteiger partial charge in [-0.1, -0.05) is 44.0 Å². The molecular formula is C24H39ClN2O3S. The molecule has 1 aromatic rings. The summed E-state index contributed by atoms with van der Waals surface area (Å²) in [6, 6.07) is 8.16. The SMILES string of the molecule is CC(C)CC(NC(=O)CCCCNS(=O)(=O)C(C)(C)C)C1(c2ccc(Cl)cc2)CCC1. The molecule has 0 aromatic heterocycles. The number of hydrogen-bond acceptors (Lipinski definition) is 3. The standard InChI is InChI=1S/C24H39ClN2O3S/c1-18(2)17-21(24(14-8-15-24)19-10-12-20(25)13-11-19)27-22(28)9-6-7-16-26-31(29,30)23(3,4)5/h10-13,18,21,26H,6-9,14-17H2,1-5H3,(H,27,28). The average molecular weight is 471 g/mol. The van der Waals surface area contributed by atoms with Crippen LogP contribution in [0.2, 0.25) is 5.02 Å². The summed E-state index contributed by atoms with van der Waals surface area (Å²) < 4.78 is 26.0. The van der Waals surface area contributed by atoms with Crippen molar-refractivity contribution in [1.82, 2.24) is 10.0 Å². The van der Waals surface area contributed by atoms with Crippen molar-refractivity contribution in [3.05, 3.63) is 34.9 Å². The summed E-state index contributed by atoms with van der Waals surface area (Å²) in [5.74, 6) is 0.520. The van der Waals surface area contributed by atoms with Crippen LogP contribution in [-0.2, 0) is 20.2 Å². The highest BCUT2D eigenvalue weighted by atomic mass is 35.5. The molecule has 1 amide bonds. The van der Waals surface area contributed by atoms with Gasteiger partial charge in [0.05, 0.1) is 4.75 Å². The summed E-state index contributed by atoms with van der Waals surface area (Å²) in [7, 11) is -3.34. The number of nitrogens with one attached hydrogen (secondary N) is 2. The summed E-state index contributed by atoms with van der Waals surface area (Å²) in [5.41, 5.74) is 1.23. The van der Waals surface area contributed by atoms with Gasteiger partial charge in [-0.2, -0.15) is 0 Å². The molecule has 1 aliphatic rings. The highest BCUT2D eigenvalue weighted by Crippen LogP contribution is 2.48. The van der Waals surface area contributed by atoms with Gasteiger partial charge in [0, 0.05) is 29.4 Å². The Morgan fingerprint density at radius 3 is 2.23 bits per heavy atom. The molecule has 1 aliphatic carbocycles. The summed E-state index contributed by atoms with van der Waals surface area (Å²) in [6.07, 6.45) is 5.94. The maximum Gasteiger partial charge on any atom is 0.220 e. The lowest BCUT2D eigenvalue weighted by Crippen LogP contribution is -2.54. The predicted molar refractivity (Wildman–Crippen MR) is 129 cm³/mol. The molecule has 0 heterocycles. The summed E-state index contributed by atoms with van der Waals surface area (Å²) in [4.78, 5) is 12.8. The zero-order valence-electron chi connectivity index (χ0n) is 19.6. The van der Waals surface area contributed by atoms with Crippen LogP contribution in [0.3, 0.4) is 0 Å². The number of amides is 1. The molecule has 7 heteroatoms. The van der Waals surface area contributed by atoms with Gasteiger partial charge < -0.3 is 5.32 Å². The Kier molecular flexibility index (Phi) is 9.00. The maximum atomic E-state index is 12.8. The van der Waals surface area contributed by atoms with Gasteiger partial charge in [-0.25, -0.2) is 13.1 Å². The summed E-state index contributed by atoms with van der Waals surface area (Å²) in [5, 5.41) is 4.05. The monoisotopic (exact) mass is 470 g/mol. The number of unbranched alkanes of at least 4 members (excludes halogenated alkanes) is 1. The van der Waals surface area contributed by atoms with Crippen molar-refractivity contribution in [2.24, 2.45) is 5.92 Å². The second kappa shape index (κ2) is 10.7. The van der Waals surface area contributed by atoms with Crippen LogP contribution < -0.4 is 10.0 Å².